The van der Waals surface area contributed by atoms with Crippen molar-refractivity contribution < 1.29 is 9.21 Å². The van der Waals surface area contributed by atoms with Crippen LogP contribution in [0.25, 0.3) is 16.7 Å². The predicted molar refractivity (Wildman–Crippen MR) is 93.5 cm³/mol. The second kappa shape index (κ2) is 6.24. The molecule has 0 bridgehead atoms. The fourth-order valence-corrected chi connectivity index (χ4v) is 2.67. The molecule has 124 valence electrons. The Bertz CT molecular complexity index is 971. The highest BCUT2D eigenvalue weighted by molar-refractivity contribution is 5.94. The molecule has 0 aliphatic heterocycles. The fraction of sp³-hybridized carbons (Fsp3) is 0.105. The molecule has 0 aliphatic carbocycles. The molecule has 6 nitrogen and oxygen atoms in total. The van der Waals surface area contributed by atoms with Gasteiger partial charge in [0.2, 0.25) is 0 Å². The first-order chi connectivity index (χ1) is 12.2. The van der Waals surface area contributed by atoms with Crippen molar-refractivity contribution in [2.24, 2.45) is 0 Å². The van der Waals surface area contributed by atoms with Gasteiger partial charge in [-0.05, 0) is 43.3 Å². The number of nitrogens with one attached hydrogen (secondary N) is 1. The third-order valence-corrected chi connectivity index (χ3v) is 4.03. The molecule has 0 saturated carbocycles. The lowest BCUT2D eigenvalue weighted by Crippen LogP contribution is -2.26. The minimum Gasteiger partial charge on any atom is -0.459 e. The van der Waals surface area contributed by atoms with Crippen LogP contribution in [-0.4, -0.2) is 20.7 Å². The second-order valence-electron chi connectivity index (χ2n) is 5.77. The van der Waals surface area contributed by atoms with E-state index in [0.29, 0.717) is 5.56 Å². The third kappa shape index (κ3) is 3.01. The van der Waals surface area contributed by atoms with E-state index >= 15 is 0 Å². The van der Waals surface area contributed by atoms with E-state index in [-0.39, 0.29) is 11.9 Å². The lowest BCUT2D eigenvalue weighted by atomic mass is 10.1. The van der Waals surface area contributed by atoms with E-state index in [1.165, 1.54) is 6.33 Å². The summed E-state index contributed by atoms with van der Waals surface area (Å²) in [6.45, 7) is 1.90. The Morgan fingerprint density at radius 1 is 1.16 bits per heavy atom. The highest BCUT2D eigenvalue weighted by Gasteiger charge is 2.15. The van der Waals surface area contributed by atoms with Crippen molar-refractivity contribution in [2.75, 3.05) is 0 Å². The predicted octanol–water partition coefficient (Wildman–Crippen LogP) is 3.50. The Kier molecular flexibility index (Phi) is 3.78. The van der Waals surface area contributed by atoms with E-state index < -0.39 is 0 Å². The van der Waals surface area contributed by atoms with Gasteiger partial charge in [0.1, 0.15) is 24.0 Å². The van der Waals surface area contributed by atoms with Gasteiger partial charge in [-0.2, -0.15) is 5.10 Å². The molecule has 0 fully saturated rings. The fourth-order valence-electron chi connectivity index (χ4n) is 2.67. The Hall–Kier alpha value is -3.41. The van der Waals surface area contributed by atoms with Gasteiger partial charge in [0, 0.05) is 10.9 Å². The summed E-state index contributed by atoms with van der Waals surface area (Å²) in [4.78, 5) is 16.4. The van der Waals surface area contributed by atoms with Gasteiger partial charge in [0.05, 0.1) is 11.7 Å². The maximum absolute atomic E-state index is 12.5. The van der Waals surface area contributed by atoms with E-state index in [9.17, 15) is 4.79 Å². The van der Waals surface area contributed by atoms with Gasteiger partial charge >= 0.3 is 0 Å². The minimum atomic E-state index is -0.227. The van der Waals surface area contributed by atoms with Gasteiger partial charge in [0.15, 0.2) is 0 Å². The lowest BCUT2D eigenvalue weighted by molar-refractivity contribution is 0.0935. The Balaban J connectivity index is 1.49. The highest BCUT2D eigenvalue weighted by atomic mass is 16.3. The van der Waals surface area contributed by atoms with Crippen LogP contribution in [-0.2, 0) is 0 Å². The number of hydrogen-bond acceptors (Lipinski definition) is 4. The molecule has 1 N–H and O–H groups in total. The smallest absolute Gasteiger partial charge is 0.251 e. The number of fused-ring (bicyclic) bond motifs is 1. The van der Waals surface area contributed by atoms with Crippen molar-refractivity contribution in [3.05, 3.63) is 78.6 Å². The largest absolute Gasteiger partial charge is 0.459 e. The lowest BCUT2D eigenvalue weighted by Gasteiger charge is -2.11. The number of carbonyl (C=O) groups excluding carboxylic acids is 1. The van der Waals surface area contributed by atoms with Gasteiger partial charge in [-0.3, -0.25) is 4.79 Å². The molecule has 0 aliphatic rings. The number of amides is 1. The molecule has 2 aromatic heterocycles. The van der Waals surface area contributed by atoms with Crippen molar-refractivity contribution in [1.29, 1.82) is 0 Å². The molecule has 6 heteroatoms. The normalized spacial score (nSPS) is 12.2. The Morgan fingerprint density at radius 3 is 2.68 bits per heavy atom. The summed E-state index contributed by atoms with van der Waals surface area (Å²) in [5.41, 5.74) is 2.24. The molecule has 4 aromatic rings. The number of benzene rings is 2. The van der Waals surface area contributed by atoms with Crippen LogP contribution in [0.2, 0.25) is 0 Å². The Labute approximate surface area is 144 Å². The monoisotopic (exact) mass is 332 g/mol. The summed E-state index contributed by atoms with van der Waals surface area (Å²) in [7, 11) is 0. The van der Waals surface area contributed by atoms with Gasteiger partial charge in [-0.1, -0.05) is 18.2 Å². The quantitative estimate of drug-likeness (QED) is 0.621. The first kappa shape index (κ1) is 15.1. The molecule has 0 saturated heterocycles. The van der Waals surface area contributed by atoms with Gasteiger partial charge < -0.3 is 9.73 Å². The average Bonchev–Trinajstić information content (AvgIpc) is 3.31. The molecule has 0 spiro atoms. The van der Waals surface area contributed by atoms with Crippen LogP contribution in [0.1, 0.15) is 29.1 Å². The molecular formula is C19H16N4O2. The number of aromatic nitrogens is 3. The SMILES string of the molecule is C[C@@H](NC(=O)c1ccc(-n2cncn2)cc1)c1cc2ccccc2o1. The van der Waals surface area contributed by atoms with Crippen molar-refractivity contribution in [3.63, 3.8) is 0 Å². The summed E-state index contributed by atoms with van der Waals surface area (Å²) in [5.74, 6) is 0.576. The van der Waals surface area contributed by atoms with Crippen LogP contribution >= 0.6 is 0 Å². The van der Waals surface area contributed by atoms with Crippen molar-refractivity contribution in [3.8, 4) is 5.69 Å². The summed E-state index contributed by atoms with van der Waals surface area (Å²) in [6, 6.07) is 16.7. The summed E-state index contributed by atoms with van der Waals surface area (Å²) >= 11 is 0. The number of furan rings is 1. The van der Waals surface area contributed by atoms with Gasteiger partial charge in [0.25, 0.3) is 5.91 Å². The number of carbonyl (C=O) groups is 1. The summed E-state index contributed by atoms with van der Waals surface area (Å²) in [6.07, 6.45) is 3.08. The molecule has 1 atom stereocenters. The maximum Gasteiger partial charge on any atom is 0.251 e. The summed E-state index contributed by atoms with van der Waals surface area (Å²) < 4.78 is 7.44. The standard InChI is InChI=1S/C19H16N4O2/c1-13(18-10-15-4-2-3-5-17(15)25-18)22-19(24)14-6-8-16(9-7-14)23-12-20-11-21-23/h2-13H,1H3,(H,22,24)/t13-/m1/s1. The van der Waals surface area contributed by atoms with Crippen LogP contribution in [0.3, 0.4) is 0 Å². The molecule has 4 rings (SSSR count). The maximum atomic E-state index is 12.5. The molecule has 2 heterocycles. The highest BCUT2D eigenvalue weighted by Crippen LogP contribution is 2.23. The van der Waals surface area contributed by atoms with E-state index in [1.807, 2.05) is 49.4 Å². The molecule has 1 amide bonds. The molecule has 0 unspecified atom stereocenters. The number of hydrogen-bond donors (Lipinski definition) is 1. The van der Waals surface area contributed by atoms with Crippen LogP contribution in [0.15, 0.2) is 71.7 Å². The van der Waals surface area contributed by atoms with Crippen LogP contribution in [0.4, 0.5) is 0 Å². The minimum absolute atomic E-state index is 0.155. The molecule has 2 aromatic carbocycles. The zero-order valence-electron chi connectivity index (χ0n) is 13.6. The van der Waals surface area contributed by atoms with Crippen LogP contribution < -0.4 is 5.32 Å². The van der Waals surface area contributed by atoms with Crippen LogP contribution in [0, 0.1) is 0 Å². The molecular weight excluding hydrogens is 316 g/mol. The third-order valence-electron chi connectivity index (χ3n) is 4.03. The van der Waals surface area contributed by atoms with E-state index in [4.69, 9.17) is 4.42 Å². The van der Waals surface area contributed by atoms with E-state index in [1.54, 1.807) is 23.1 Å². The number of nitrogens with zero attached hydrogens (tertiary/aromatic N) is 3. The van der Waals surface area contributed by atoms with Crippen molar-refractivity contribution >= 4 is 16.9 Å². The first-order valence-corrected chi connectivity index (χ1v) is 7.95. The first-order valence-electron chi connectivity index (χ1n) is 7.95. The van der Waals surface area contributed by atoms with Gasteiger partial charge in [-0.25, -0.2) is 9.67 Å². The number of rotatable bonds is 4. The second-order valence-corrected chi connectivity index (χ2v) is 5.77. The van der Waals surface area contributed by atoms with E-state index in [2.05, 4.69) is 15.4 Å². The zero-order chi connectivity index (χ0) is 17.2. The molecule has 0 radical (unpaired) electrons. The average molecular weight is 332 g/mol. The topological polar surface area (TPSA) is 73.0 Å². The van der Waals surface area contributed by atoms with Crippen molar-refractivity contribution in [1.82, 2.24) is 20.1 Å². The van der Waals surface area contributed by atoms with E-state index in [0.717, 1.165) is 22.4 Å². The van der Waals surface area contributed by atoms with Gasteiger partial charge in [-0.15, -0.1) is 0 Å². The van der Waals surface area contributed by atoms with Crippen LogP contribution in [0.5, 0.6) is 0 Å². The van der Waals surface area contributed by atoms with Crippen molar-refractivity contribution in [2.45, 2.75) is 13.0 Å². The summed E-state index contributed by atoms with van der Waals surface area (Å²) in [5, 5.41) is 8.05. The zero-order valence-corrected chi connectivity index (χ0v) is 13.6. The Morgan fingerprint density at radius 2 is 1.96 bits per heavy atom. The number of para-hydroxylation sites is 1. The molecule has 25 heavy (non-hydrogen) atoms.